The fourth-order valence-corrected chi connectivity index (χ4v) is 2.06. The van der Waals surface area contributed by atoms with Crippen LogP contribution in [0.5, 0.6) is 0 Å². The van der Waals surface area contributed by atoms with Gasteiger partial charge in [0.1, 0.15) is 0 Å². The molecule has 0 heterocycles. The van der Waals surface area contributed by atoms with Gasteiger partial charge >= 0.3 is 0 Å². The molecule has 0 aliphatic heterocycles. The first-order chi connectivity index (χ1) is 7.93. The lowest BCUT2D eigenvalue weighted by atomic mass is 10.1. The Hall–Kier alpha value is -0.620. The summed E-state index contributed by atoms with van der Waals surface area (Å²) < 4.78 is 1.05. The maximum absolute atomic E-state index is 12.2. The Balaban J connectivity index is 2.78. The maximum atomic E-state index is 12.2. The van der Waals surface area contributed by atoms with Crippen molar-refractivity contribution in [3.63, 3.8) is 0 Å². The molecule has 1 rings (SSSR count). The number of hydrogen-bond acceptors (Lipinski definition) is 2. The molecule has 0 spiro atoms. The molecule has 0 saturated carbocycles. The summed E-state index contributed by atoms with van der Waals surface area (Å²) in [5.41, 5.74) is 1.95. The summed E-state index contributed by atoms with van der Waals surface area (Å²) >= 11 is 2.24. The van der Waals surface area contributed by atoms with Gasteiger partial charge in [-0.05, 0) is 55.2 Å². The molecule has 0 bridgehead atoms. The van der Waals surface area contributed by atoms with E-state index >= 15 is 0 Å². The van der Waals surface area contributed by atoms with Crippen molar-refractivity contribution in [2.75, 3.05) is 34.2 Å². The molecule has 4 heteroatoms. The van der Waals surface area contributed by atoms with Gasteiger partial charge in [-0.1, -0.05) is 12.1 Å². The largest absolute Gasteiger partial charge is 0.340 e. The van der Waals surface area contributed by atoms with Crippen LogP contribution in [0, 0.1) is 10.5 Å². The number of amides is 1. The van der Waals surface area contributed by atoms with E-state index < -0.39 is 0 Å². The van der Waals surface area contributed by atoms with Crippen molar-refractivity contribution in [3.05, 3.63) is 32.9 Å². The summed E-state index contributed by atoms with van der Waals surface area (Å²) in [6.45, 7) is 3.65. The van der Waals surface area contributed by atoms with Gasteiger partial charge in [0.05, 0.1) is 5.56 Å². The van der Waals surface area contributed by atoms with E-state index in [0.717, 1.165) is 27.8 Å². The molecular weight excluding hydrogens is 327 g/mol. The van der Waals surface area contributed by atoms with E-state index in [1.165, 1.54) is 0 Å². The molecule has 0 unspecified atom stereocenters. The summed E-state index contributed by atoms with van der Waals surface area (Å²) in [5, 5.41) is 0. The second-order valence-corrected chi connectivity index (χ2v) is 5.55. The Morgan fingerprint density at radius 3 is 2.47 bits per heavy atom. The van der Waals surface area contributed by atoms with E-state index in [4.69, 9.17) is 0 Å². The lowest BCUT2D eigenvalue weighted by molar-refractivity contribution is 0.0785. The summed E-state index contributed by atoms with van der Waals surface area (Å²) in [6.07, 6.45) is 0. The monoisotopic (exact) mass is 346 g/mol. The average Bonchev–Trinajstić information content (AvgIpc) is 2.28. The minimum Gasteiger partial charge on any atom is -0.340 e. The van der Waals surface area contributed by atoms with Crippen LogP contribution in [0.2, 0.25) is 0 Å². The van der Waals surface area contributed by atoms with Gasteiger partial charge < -0.3 is 9.80 Å². The van der Waals surface area contributed by atoms with Crippen LogP contribution in [-0.4, -0.2) is 49.9 Å². The predicted molar refractivity (Wildman–Crippen MR) is 79.4 cm³/mol. The summed E-state index contributed by atoms with van der Waals surface area (Å²) in [5.74, 6) is 0.0972. The van der Waals surface area contributed by atoms with Crippen molar-refractivity contribution in [1.82, 2.24) is 9.80 Å². The zero-order chi connectivity index (χ0) is 13.0. The number of benzene rings is 1. The number of rotatable bonds is 4. The number of carbonyl (C=O) groups excluding carboxylic acids is 1. The van der Waals surface area contributed by atoms with Crippen LogP contribution in [0.25, 0.3) is 0 Å². The Morgan fingerprint density at radius 2 is 1.88 bits per heavy atom. The van der Waals surface area contributed by atoms with Crippen LogP contribution < -0.4 is 0 Å². The van der Waals surface area contributed by atoms with Crippen LogP contribution in [0.4, 0.5) is 0 Å². The lowest BCUT2D eigenvalue weighted by Gasteiger charge is -2.20. The Kier molecular flexibility index (Phi) is 5.39. The minimum absolute atomic E-state index is 0.0972. The molecule has 0 aliphatic rings. The van der Waals surface area contributed by atoms with Crippen LogP contribution >= 0.6 is 22.6 Å². The van der Waals surface area contributed by atoms with Gasteiger partial charge in [-0.15, -0.1) is 0 Å². The SMILES string of the molecule is Cc1cccc(C(=O)N(C)CCN(C)C)c1I. The third-order valence-electron chi connectivity index (χ3n) is 2.65. The third kappa shape index (κ3) is 3.96. The molecule has 0 aromatic heterocycles. The minimum atomic E-state index is 0.0972. The molecule has 0 aliphatic carbocycles. The van der Waals surface area contributed by atoms with Crippen molar-refractivity contribution < 1.29 is 4.79 Å². The number of carbonyl (C=O) groups is 1. The van der Waals surface area contributed by atoms with E-state index in [1.54, 1.807) is 4.90 Å². The molecule has 1 aromatic rings. The quantitative estimate of drug-likeness (QED) is 0.781. The first-order valence-corrected chi connectivity index (χ1v) is 6.66. The second kappa shape index (κ2) is 6.35. The van der Waals surface area contributed by atoms with E-state index in [0.29, 0.717) is 0 Å². The van der Waals surface area contributed by atoms with E-state index in [-0.39, 0.29) is 5.91 Å². The van der Waals surface area contributed by atoms with Gasteiger partial charge in [-0.25, -0.2) is 0 Å². The Bertz CT molecular complexity index is 404. The highest BCUT2D eigenvalue weighted by Gasteiger charge is 2.15. The van der Waals surface area contributed by atoms with Crippen LogP contribution in [0.1, 0.15) is 15.9 Å². The molecule has 0 radical (unpaired) electrons. The molecule has 1 amide bonds. The first kappa shape index (κ1) is 14.4. The summed E-state index contributed by atoms with van der Waals surface area (Å²) in [6, 6.07) is 5.85. The van der Waals surface area contributed by atoms with E-state index in [2.05, 4.69) is 27.5 Å². The molecule has 94 valence electrons. The van der Waals surface area contributed by atoms with Crippen molar-refractivity contribution >= 4 is 28.5 Å². The molecule has 1 aromatic carbocycles. The second-order valence-electron chi connectivity index (χ2n) is 4.47. The Morgan fingerprint density at radius 1 is 1.24 bits per heavy atom. The van der Waals surface area contributed by atoms with Gasteiger partial charge in [0.15, 0.2) is 0 Å². The van der Waals surface area contributed by atoms with Crippen LogP contribution in [-0.2, 0) is 0 Å². The maximum Gasteiger partial charge on any atom is 0.254 e. The van der Waals surface area contributed by atoms with Crippen LogP contribution in [0.15, 0.2) is 18.2 Å². The molecule has 17 heavy (non-hydrogen) atoms. The Labute approximate surface area is 117 Å². The summed E-state index contributed by atoms with van der Waals surface area (Å²) in [7, 11) is 5.87. The van der Waals surface area contributed by atoms with Gasteiger partial charge in [0.25, 0.3) is 5.91 Å². The number of aryl methyl sites for hydroxylation is 1. The highest BCUT2D eigenvalue weighted by molar-refractivity contribution is 14.1. The lowest BCUT2D eigenvalue weighted by Crippen LogP contribution is -2.33. The smallest absolute Gasteiger partial charge is 0.254 e. The predicted octanol–water partition coefficient (Wildman–Crippen LogP) is 2.23. The highest BCUT2D eigenvalue weighted by atomic mass is 127. The van der Waals surface area contributed by atoms with Gasteiger partial charge in [0, 0.05) is 23.7 Å². The van der Waals surface area contributed by atoms with Crippen molar-refractivity contribution in [1.29, 1.82) is 0 Å². The number of halogens is 1. The standard InChI is InChI=1S/C13H19IN2O/c1-10-6-5-7-11(12(10)14)13(17)16(4)9-8-15(2)3/h5-7H,8-9H2,1-4H3. The first-order valence-electron chi connectivity index (χ1n) is 5.58. The van der Waals surface area contributed by atoms with Gasteiger partial charge in [-0.3, -0.25) is 4.79 Å². The molecule has 0 N–H and O–H groups in total. The zero-order valence-corrected chi connectivity index (χ0v) is 13.0. The topological polar surface area (TPSA) is 23.6 Å². The number of hydrogen-bond donors (Lipinski definition) is 0. The third-order valence-corrected chi connectivity index (χ3v) is 4.08. The molecular formula is C13H19IN2O. The fourth-order valence-electron chi connectivity index (χ4n) is 1.47. The van der Waals surface area contributed by atoms with Gasteiger partial charge in [0.2, 0.25) is 0 Å². The fraction of sp³-hybridized carbons (Fsp3) is 0.462. The van der Waals surface area contributed by atoms with Gasteiger partial charge in [-0.2, -0.15) is 0 Å². The van der Waals surface area contributed by atoms with Crippen LogP contribution in [0.3, 0.4) is 0 Å². The number of nitrogens with zero attached hydrogens (tertiary/aromatic N) is 2. The molecule has 0 atom stereocenters. The summed E-state index contributed by atoms with van der Waals surface area (Å²) in [4.78, 5) is 16.1. The zero-order valence-electron chi connectivity index (χ0n) is 10.8. The van der Waals surface area contributed by atoms with Crippen molar-refractivity contribution in [2.24, 2.45) is 0 Å². The normalized spacial score (nSPS) is 10.7. The average molecular weight is 346 g/mol. The molecule has 0 saturated heterocycles. The van der Waals surface area contributed by atoms with E-state index in [9.17, 15) is 4.79 Å². The number of likely N-dealkylation sites (N-methyl/N-ethyl adjacent to an activating group) is 2. The highest BCUT2D eigenvalue weighted by Crippen LogP contribution is 2.17. The van der Waals surface area contributed by atoms with E-state index in [1.807, 2.05) is 46.3 Å². The van der Waals surface area contributed by atoms with Crippen molar-refractivity contribution in [2.45, 2.75) is 6.92 Å². The molecule has 3 nitrogen and oxygen atoms in total. The van der Waals surface area contributed by atoms with Crippen molar-refractivity contribution in [3.8, 4) is 0 Å². The molecule has 0 fully saturated rings.